The lowest BCUT2D eigenvalue weighted by atomic mass is 10.1. The quantitative estimate of drug-likeness (QED) is 0.190. The molecule has 154 valence electrons. The highest BCUT2D eigenvalue weighted by molar-refractivity contribution is 7.80. The Balaban J connectivity index is 2.01. The first-order valence-electron chi connectivity index (χ1n) is 8.28. The van der Waals surface area contributed by atoms with Gasteiger partial charge in [0.05, 0.1) is 11.3 Å². The fraction of sp³-hybridized carbons (Fsp3) is 0.222. The summed E-state index contributed by atoms with van der Waals surface area (Å²) in [6.07, 6.45) is -1.05. The van der Waals surface area contributed by atoms with E-state index in [0.717, 1.165) is 11.1 Å². The van der Waals surface area contributed by atoms with E-state index in [2.05, 4.69) is 16.0 Å². The molecule has 0 aliphatic rings. The Kier molecular flexibility index (Phi) is 8.04. The van der Waals surface area contributed by atoms with Crippen molar-refractivity contribution in [2.24, 2.45) is 0 Å². The summed E-state index contributed by atoms with van der Waals surface area (Å²) in [5, 5.41) is 18.9. The highest BCUT2D eigenvalue weighted by Crippen LogP contribution is 2.29. The van der Waals surface area contributed by atoms with Crippen LogP contribution in [0.1, 0.15) is 11.1 Å². The summed E-state index contributed by atoms with van der Waals surface area (Å²) in [7, 11) is 0. The predicted molar refractivity (Wildman–Crippen MR) is 120 cm³/mol. The first-order chi connectivity index (χ1) is 13.5. The molecule has 1 atom stereocenters. The van der Waals surface area contributed by atoms with Gasteiger partial charge < -0.3 is 16.0 Å². The highest BCUT2D eigenvalue weighted by atomic mass is 35.6. The summed E-state index contributed by atoms with van der Waals surface area (Å²) in [5.41, 5.74) is 2.13. The van der Waals surface area contributed by atoms with Crippen molar-refractivity contribution in [3.63, 3.8) is 0 Å². The fourth-order valence-electron chi connectivity index (χ4n) is 2.30. The van der Waals surface area contributed by atoms with Gasteiger partial charge in [-0.1, -0.05) is 70.7 Å². The molecule has 0 aliphatic heterocycles. The van der Waals surface area contributed by atoms with Crippen molar-refractivity contribution in [3.05, 3.63) is 69.8 Å². The molecule has 0 bridgehead atoms. The second-order valence-corrected chi connectivity index (χ2v) is 8.89. The standard InChI is InChI=1S/C18H17Cl3N4O3S/c1-11-5-7-12(8-6-11)9-15(26)23-16(18(19,20)21)24-17(29)22-13-3-2-4-14(10-13)25(27)28/h2-8,10,16H,9H2,1H3,(H,23,26)(H2,22,24,29). The van der Waals surface area contributed by atoms with Crippen LogP contribution in [0.5, 0.6) is 0 Å². The molecular formula is C18H17Cl3N4O3S. The zero-order chi connectivity index (χ0) is 21.6. The van der Waals surface area contributed by atoms with Crippen LogP contribution >= 0.6 is 47.0 Å². The van der Waals surface area contributed by atoms with E-state index in [9.17, 15) is 14.9 Å². The van der Waals surface area contributed by atoms with E-state index in [4.69, 9.17) is 47.0 Å². The number of hydrogen-bond acceptors (Lipinski definition) is 4. The van der Waals surface area contributed by atoms with Gasteiger partial charge in [0.15, 0.2) is 5.11 Å². The van der Waals surface area contributed by atoms with Gasteiger partial charge >= 0.3 is 0 Å². The SMILES string of the molecule is Cc1ccc(CC(=O)NC(NC(=S)Nc2cccc([N+](=O)[O-])c2)C(Cl)(Cl)Cl)cc1. The molecule has 0 fully saturated rings. The molecule has 11 heteroatoms. The molecule has 7 nitrogen and oxygen atoms in total. The molecule has 2 rings (SSSR count). The smallest absolute Gasteiger partial charge is 0.271 e. The van der Waals surface area contributed by atoms with Gasteiger partial charge in [0.1, 0.15) is 6.17 Å². The van der Waals surface area contributed by atoms with Crippen molar-refractivity contribution in [1.29, 1.82) is 0 Å². The largest absolute Gasteiger partial charge is 0.339 e. The fourth-order valence-corrected chi connectivity index (χ4v) is 2.86. The van der Waals surface area contributed by atoms with Gasteiger partial charge in [-0.3, -0.25) is 14.9 Å². The lowest BCUT2D eigenvalue weighted by molar-refractivity contribution is -0.384. The summed E-state index contributed by atoms with van der Waals surface area (Å²) in [6.45, 7) is 1.95. The molecule has 2 aromatic rings. The van der Waals surface area contributed by atoms with E-state index < -0.39 is 14.9 Å². The van der Waals surface area contributed by atoms with Crippen LogP contribution in [-0.2, 0) is 11.2 Å². The average molecular weight is 476 g/mol. The summed E-state index contributed by atoms with van der Waals surface area (Å²) >= 11 is 23.0. The minimum Gasteiger partial charge on any atom is -0.339 e. The van der Waals surface area contributed by atoms with Crippen LogP contribution in [-0.4, -0.2) is 25.9 Å². The molecule has 0 spiro atoms. The van der Waals surface area contributed by atoms with Gasteiger partial charge in [-0.05, 0) is 30.8 Å². The predicted octanol–water partition coefficient (Wildman–Crippen LogP) is 4.24. The number of carbonyl (C=O) groups excluding carboxylic acids is 1. The molecule has 0 heterocycles. The molecule has 29 heavy (non-hydrogen) atoms. The minimum atomic E-state index is -1.91. The summed E-state index contributed by atoms with van der Waals surface area (Å²) < 4.78 is -1.91. The maximum Gasteiger partial charge on any atom is 0.271 e. The number of aryl methyl sites for hydroxylation is 1. The van der Waals surface area contributed by atoms with E-state index in [-0.39, 0.29) is 23.1 Å². The Morgan fingerprint density at radius 3 is 2.41 bits per heavy atom. The van der Waals surface area contributed by atoms with Crippen molar-refractivity contribution < 1.29 is 9.72 Å². The minimum absolute atomic E-state index is 0.0115. The number of benzene rings is 2. The Hall–Kier alpha value is -2.13. The van der Waals surface area contributed by atoms with E-state index in [1.165, 1.54) is 18.2 Å². The normalized spacial score (nSPS) is 12.0. The first-order valence-corrected chi connectivity index (χ1v) is 9.82. The highest BCUT2D eigenvalue weighted by Gasteiger charge is 2.34. The number of nitrogens with zero attached hydrogens (tertiary/aromatic N) is 1. The monoisotopic (exact) mass is 474 g/mol. The number of rotatable bonds is 6. The van der Waals surface area contributed by atoms with Gasteiger partial charge in [0.25, 0.3) is 5.69 Å². The maximum absolute atomic E-state index is 12.3. The van der Waals surface area contributed by atoms with Crippen LogP contribution in [0.25, 0.3) is 0 Å². The van der Waals surface area contributed by atoms with E-state index in [0.29, 0.717) is 5.69 Å². The maximum atomic E-state index is 12.3. The van der Waals surface area contributed by atoms with Crippen LogP contribution in [0, 0.1) is 17.0 Å². The van der Waals surface area contributed by atoms with Crippen molar-refractivity contribution >= 4 is 69.4 Å². The lowest BCUT2D eigenvalue weighted by Crippen LogP contribution is -2.56. The third-order valence-electron chi connectivity index (χ3n) is 3.71. The number of anilines is 1. The second kappa shape index (κ2) is 10.1. The number of alkyl halides is 3. The Morgan fingerprint density at radius 1 is 1.17 bits per heavy atom. The van der Waals surface area contributed by atoms with Gasteiger partial charge in [-0.2, -0.15) is 0 Å². The third-order valence-corrected chi connectivity index (χ3v) is 4.58. The Labute approximate surface area is 187 Å². The molecule has 0 aromatic heterocycles. The molecule has 2 aromatic carbocycles. The van der Waals surface area contributed by atoms with Crippen LogP contribution in [0.4, 0.5) is 11.4 Å². The summed E-state index contributed by atoms with van der Waals surface area (Å²) in [4.78, 5) is 22.7. The number of nitrogens with one attached hydrogen (secondary N) is 3. The first kappa shape index (κ1) is 23.2. The number of halogens is 3. The number of thiocarbonyl (C=S) groups is 1. The molecule has 0 saturated heterocycles. The van der Waals surface area contributed by atoms with Crippen molar-refractivity contribution in [2.45, 2.75) is 23.3 Å². The average Bonchev–Trinajstić information content (AvgIpc) is 2.62. The number of nitro groups is 1. The van der Waals surface area contributed by atoms with Gasteiger partial charge in [-0.15, -0.1) is 0 Å². The van der Waals surface area contributed by atoms with Gasteiger partial charge in [0.2, 0.25) is 9.70 Å². The Bertz CT molecular complexity index is 904. The molecule has 1 amide bonds. The zero-order valence-electron chi connectivity index (χ0n) is 15.1. The topological polar surface area (TPSA) is 96.3 Å². The van der Waals surface area contributed by atoms with Crippen LogP contribution in [0.3, 0.4) is 0 Å². The van der Waals surface area contributed by atoms with E-state index >= 15 is 0 Å². The Morgan fingerprint density at radius 2 is 1.83 bits per heavy atom. The van der Waals surface area contributed by atoms with Gasteiger partial charge in [0, 0.05) is 17.8 Å². The van der Waals surface area contributed by atoms with Gasteiger partial charge in [-0.25, -0.2) is 0 Å². The van der Waals surface area contributed by atoms with Crippen LogP contribution < -0.4 is 16.0 Å². The number of amides is 1. The van der Waals surface area contributed by atoms with Crippen LogP contribution in [0.15, 0.2) is 48.5 Å². The van der Waals surface area contributed by atoms with E-state index in [1.54, 1.807) is 6.07 Å². The van der Waals surface area contributed by atoms with Crippen molar-refractivity contribution in [3.8, 4) is 0 Å². The van der Waals surface area contributed by atoms with E-state index in [1.807, 2.05) is 31.2 Å². The second-order valence-electron chi connectivity index (χ2n) is 6.11. The number of non-ortho nitro benzene ring substituents is 1. The lowest BCUT2D eigenvalue weighted by Gasteiger charge is -2.27. The molecule has 0 radical (unpaired) electrons. The number of carbonyl (C=O) groups is 1. The third kappa shape index (κ3) is 7.66. The molecule has 0 aliphatic carbocycles. The summed E-state index contributed by atoms with van der Waals surface area (Å²) in [5.74, 6) is -0.379. The van der Waals surface area contributed by atoms with Crippen molar-refractivity contribution in [1.82, 2.24) is 10.6 Å². The molecule has 3 N–H and O–H groups in total. The summed E-state index contributed by atoms with van der Waals surface area (Å²) in [6, 6.07) is 13.2. The molecule has 0 saturated carbocycles. The van der Waals surface area contributed by atoms with Crippen LogP contribution in [0.2, 0.25) is 0 Å². The molecule has 1 unspecified atom stereocenters. The number of hydrogen-bond donors (Lipinski definition) is 3. The molecular weight excluding hydrogens is 459 g/mol. The van der Waals surface area contributed by atoms with Crippen molar-refractivity contribution in [2.75, 3.05) is 5.32 Å². The zero-order valence-corrected chi connectivity index (χ0v) is 18.2. The number of nitro benzene ring substituents is 1.